The standard InChI is InChI=1S/C24H21F3N6O3/c1-12(20-28-9-19(25)33(20)31-13(2)18-8-29-23(36)30-21(18)34)16-7-17(16)14-3-5-15(6-4-14)22(35)32-10-24(26,27)11-32/h3-6,8-9,16-17H,1,7,10-11H2,2H3,(H2,29,30,34,36)/b31-13+/t16-,17-/m1/s1. The largest absolute Gasteiger partial charge is 0.326 e. The van der Waals surface area contributed by atoms with Gasteiger partial charge in [-0.25, -0.2) is 18.6 Å². The van der Waals surface area contributed by atoms with E-state index in [1.54, 1.807) is 24.3 Å². The third kappa shape index (κ3) is 4.30. The molecule has 2 atom stereocenters. The number of imidazole rings is 1. The van der Waals surface area contributed by atoms with E-state index in [2.05, 4.69) is 26.6 Å². The highest BCUT2D eigenvalue weighted by molar-refractivity contribution is 5.98. The summed E-state index contributed by atoms with van der Waals surface area (Å²) < 4.78 is 41.6. The molecule has 5 rings (SSSR count). The monoisotopic (exact) mass is 498 g/mol. The van der Waals surface area contributed by atoms with Crippen molar-refractivity contribution in [3.05, 3.63) is 92.5 Å². The van der Waals surface area contributed by atoms with Crippen molar-refractivity contribution < 1.29 is 18.0 Å². The van der Waals surface area contributed by atoms with Gasteiger partial charge in [0.2, 0.25) is 5.95 Å². The molecule has 0 spiro atoms. The number of carbonyl (C=O) groups is 1. The molecule has 1 saturated carbocycles. The predicted octanol–water partition coefficient (Wildman–Crippen LogP) is 2.58. The third-order valence-electron chi connectivity index (χ3n) is 6.40. The van der Waals surface area contributed by atoms with Gasteiger partial charge in [-0.3, -0.25) is 14.6 Å². The summed E-state index contributed by atoms with van der Waals surface area (Å²) in [4.78, 5) is 45.2. The molecule has 2 aromatic heterocycles. The molecule has 1 saturated heterocycles. The zero-order valence-corrected chi connectivity index (χ0v) is 19.1. The summed E-state index contributed by atoms with van der Waals surface area (Å²) in [5, 5.41) is 4.18. The lowest BCUT2D eigenvalue weighted by molar-refractivity contribution is -0.113. The molecule has 3 aromatic rings. The summed E-state index contributed by atoms with van der Waals surface area (Å²) in [5.74, 6) is -3.78. The molecule has 12 heteroatoms. The second kappa shape index (κ2) is 8.47. The topological polar surface area (TPSA) is 116 Å². The maximum atomic E-state index is 14.5. The number of likely N-dealkylation sites (tertiary alicyclic amines) is 1. The molecular weight excluding hydrogens is 477 g/mol. The lowest BCUT2D eigenvalue weighted by atomic mass is 10.0. The van der Waals surface area contributed by atoms with Crippen LogP contribution in [0, 0.1) is 11.9 Å². The highest BCUT2D eigenvalue weighted by atomic mass is 19.3. The van der Waals surface area contributed by atoms with Crippen molar-refractivity contribution in [1.29, 1.82) is 0 Å². The number of halogens is 3. The molecule has 0 radical (unpaired) electrons. The van der Waals surface area contributed by atoms with Gasteiger partial charge in [-0.05, 0) is 48.4 Å². The molecule has 1 aromatic carbocycles. The van der Waals surface area contributed by atoms with E-state index in [0.29, 0.717) is 11.1 Å². The molecule has 3 heterocycles. The van der Waals surface area contributed by atoms with E-state index in [1.807, 2.05) is 0 Å². The van der Waals surface area contributed by atoms with E-state index in [4.69, 9.17) is 0 Å². The molecule has 1 amide bonds. The van der Waals surface area contributed by atoms with Gasteiger partial charge in [0.1, 0.15) is 0 Å². The van der Waals surface area contributed by atoms with Gasteiger partial charge < -0.3 is 9.88 Å². The molecule has 0 bridgehead atoms. The van der Waals surface area contributed by atoms with Gasteiger partial charge in [-0.15, -0.1) is 0 Å². The van der Waals surface area contributed by atoms with Crippen LogP contribution < -0.4 is 11.2 Å². The predicted molar refractivity (Wildman–Crippen MR) is 125 cm³/mol. The van der Waals surface area contributed by atoms with Crippen LogP contribution in [0.25, 0.3) is 5.57 Å². The molecule has 2 N–H and O–H groups in total. The number of hydrogen-bond donors (Lipinski definition) is 2. The first-order valence-electron chi connectivity index (χ1n) is 11.1. The Bertz CT molecular complexity index is 1510. The van der Waals surface area contributed by atoms with Crippen molar-refractivity contribution in [2.45, 2.75) is 25.2 Å². The number of nitrogens with zero attached hydrogens (tertiary/aromatic N) is 4. The Hall–Kier alpha value is -4.22. The maximum absolute atomic E-state index is 14.5. The van der Waals surface area contributed by atoms with Gasteiger partial charge in [0.05, 0.1) is 30.6 Å². The summed E-state index contributed by atoms with van der Waals surface area (Å²) in [6.45, 7) is 4.44. The number of benzene rings is 1. The van der Waals surface area contributed by atoms with E-state index in [9.17, 15) is 27.6 Å². The van der Waals surface area contributed by atoms with Crippen LogP contribution in [0.15, 0.2) is 57.9 Å². The van der Waals surface area contributed by atoms with Crippen LogP contribution in [0.3, 0.4) is 0 Å². The highest BCUT2D eigenvalue weighted by Crippen LogP contribution is 2.53. The Labute approximate surface area is 202 Å². The average molecular weight is 498 g/mol. The van der Waals surface area contributed by atoms with Crippen LogP contribution in [0.4, 0.5) is 13.2 Å². The fraction of sp³-hybridized carbons (Fsp3) is 0.292. The number of nitrogens with one attached hydrogen (secondary N) is 2. The molecule has 1 aliphatic carbocycles. The van der Waals surface area contributed by atoms with Gasteiger partial charge in [0.25, 0.3) is 17.4 Å². The van der Waals surface area contributed by atoms with Crippen molar-refractivity contribution in [2.24, 2.45) is 11.0 Å². The summed E-state index contributed by atoms with van der Waals surface area (Å²) in [6.07, 6.45) is 2.93. The fourth-order valence-electron chi connectivity index (χ4n) is 4.35. The minimum Gasteiger partial charge on any atom is -0.326 e. The minimum atomic E-state index is -2.82. The SMILES string of the molecule is C=C(c1ncc(F)n1/N=C(\C)c1c[nH]c(=O)[nH]c1=O)[C@H]1C[C@@H]1c1ccc(C(=O)N2CC(F)(F)C2)cc1. The van der Waals surface area contributed by atoms with E-state index in [0.717, 1.165) is 27.8 Å². The Balaban J connectivity index is 1.31. The summed E-state index contributed by atoms with van der Waals surface area (Å²) in [6, 6.07) is 6.78. The lowest BCUT2D eigenvalue weighted by Gasteiger charge is -2.38. The number of aromatic nitrogens is 4. The Morgan fingerprint density at radius 1 is 1.22 bits per heavy atom. The first kappa shape index (κ1) is 23.5. The van der Waals surface area contributed by atoms with Crippen molar-refractivity contribution in [3.63, 3.8) is 0 Å². The van der Waals surface area contributed by atoms with Gasteiger partial charge in [-0.1, -0.05) is 18.7 Å². The Morgan fingerprint density at radius 2 is 1.92 bits per heavy atom. The van der Waals surface area contributed by atoms with Crippen molar-refractivity contribution >= 4 is 17.2 Å². The van der Waals surface area contributed by atoms with Gasteiger partial charge in [-0.2, -0.15) is 14.2 Å². The smallest absolute Gasteiger partial charge is 0.325 e. The molecule has 9 nitrogen and oxygen atoms in total. The van der Waals surface area contributed by atoms with E-state index < -0.39 is 42.1 Å². The Morgan fingerprint density at radius 3 is 2.56 bits per heavy atom. The molecule has 186 valence electrons. The molecule has 36 heavy (non-hydrogen) atoms. The summed E-state index contributed by atoms with van der Waals surface area (Å²) in [5.41, 5.74) is 0.728. The normalized spacial score (nSPS) is 20.7. The van der Waals surface area contributed by atoms with Crippen molar-refractivity contribution in [3.8, 4) is 0 Å². The highest BCUT2D eigenvalue weighted by Gasteiger charge is 2.46. The maximum Gasteiger partial charge on any atom is 0.325 e. The number of alkyl halides is 2. The van der Waals surface area contributed by atoms with E-state index in [1.165, 1.54) is 13.1 Å². The molecule has 0 unspecified atom stereocenters. The van der Waals surface area contributed by atoms with Crippen LogP contribution in [0.1, 0.15) is 46.6 Å². The quantitative estimate of drug-likeness (QED) is 0.508. The van der Waals surface area contributed by atoms with Crippen LogP contribution in [-0.2, 0) is 0 Å². The second-order valence-electron chi connectivity index (χ2n) is 9.00. The minimum absolute atomic E-state index is 0.0480. The van der Waals surface area contributed by atoms with Crippen LogP contribution in [0.5, 0.6) is 0 Å². The van der Waals surface area contributed by atoms with Gasteiger partial charge in [0.15, 0.2) is 5.82 Å². The number of aromatic amines is 2. The van der Waals surface area contributed by atoms with Crippen molar-refractivity contribution in [2.75, 3.05) is 13.1 Å². The number of carbonyl (C=O) groups excluding carboxylic acids is 1. The van der Waals surface area contributed by atoms with Crippen LogP contribution >= 0.6 is 0 Å². The summed E-state index contributed by atoms with van der Waals surface area (Å²) in [7, 11) is 0. The van der Waals surface area contributed by atoms with Gasteiger partial charge in [0, 0.05) is 11.8 Å². The molecule has 2 aliphatic rings. The fourth-order valence-corrected chi connectivity index (χ4v) is 4.35. The van der Waals surface area contributed by atoms with Crippen LogP contribution in [0.2, 0.25) is 0 Å². The van der Waals surface area contributed by atoms with Crippen LogP contribution in [-0.4, -0.2) is 55.2 Å². The average Bonchev–Trinajstić information content (AvgIpc) is 3.54. The molecule has 2 fully saturated rings. The first-order chi connectivity index (χ1) is 17.0. The third-order valence-corrected chi connectivity index (χ3v) is 6.40. The van der Waals surface area contributed by atoms with Gasteiger partial charge >= 0.3 is 5.69 Å². The van der Waals surface area contributed by atoms with E-state index in [-0.39, 0.29) is 28.9 Å². The zero-order chi connectivity index (χ0) is 25.8. The molecular formula is C24H21F3N6O3. The number of allylic oxidation sites excluding steroid dienone is 1. The van der Waals surface area contributed by atoms with E-state index >= 15 is 0 Å². The lowest BCUT2D eigenvalue weighted by Crippen LogP contribution is -2.58. The number of amides is 1. The van der Waals surface area contributed by atoms with Crippen molar-refractivity contribution in [1.82, 2.24) is 24.5 Å². The first-order valence-corrected chi connectivity index (χ1v) is 11.1. The molecule has 1 aliphatic heterocycles. The Kier molecular flexibility index (Phi) is 5.53. The number of hydrogen-bond acceptors (Lipinski definition) is 5. The number of H-pyrrole nitrogens is 2. The second-order valence-corrected chi connectivity index (χ2v) is 9.00. The zero-order valence-electron chi connectivity index (χ0n) is 19.1. The number of rotatable bonds is 6. The summed E-state index contributed by atoms with van der Waals surface area (Å²) >= 11 is 0.